The van der Waals surface area contributed by atoms with E-state index >= 15 is 0 Å². The van der Waals surface area contributed by atoms with E-state index in [9.17, 15) is 14.7 Å². The molecule has 1 N–H and O–H groups in total. The summed E-state index contributed by atoms with van der Waals surface area (Å²) in [6.07, 6.45) is 1.63. The molecule has 7 nitrogen and oxygen atoms in total. The zero-order valence-corrected chi connectivity index (χ0v) is 19.3. The van der Waals surface area contributed by atoms with Crippen LogP contribution in [0.25, 0.3) is 5.76 Å². The monoisotopic (exact) mass is 458 g/mol. The van der Waals surface area contributed by atoms with Crippen LogP contribution in [0.1, 0.15) is 48.3 Å². The van der Waals surface area contributed by atoms with Gasteiger partial charge in [-0.05, 0) is 48.2 Å². The molecule has 3 aromatic rings. The Balaban J connectivity index is 1.83. The van der Waals surface area contributed by atoms with Gasteiger partial charge in [0.25, 0.3) is 5.78 Å². The highest BCUT2D eigenvalue weighted by Crippen LogP contribution is 2.42. The van der Waals surface area contributed by atoms with Gasteiger partial charge >= 0.3 is 5.91 Å². The van der Waals surface area contributed by atoms with Crippen molar-refractivity contribution >= 4 is 23.3 Å². The van der Waals surface area contributed by atoms with Crippen molar-refractivity contribution in [3.63, 3.8) is 0 Å². The lowest BCUT2D eigenvalue weighted by Crippen LogP contribution is -2.29. The Morgan fingerprint density at radius 2 is 1.85 bits per heavy atom. The number of aliphatic hydroxyl groups is 1. The zero-order chi connectivity index (χ0) is 24.4. The maximum atomic E-state index is 13.2. The summed E-state index contributed by atoms with van der Waals surface area (Å²) in [6.45, 7) is 9.84. The van der Waals surface area contributed by atoms with Crippen LogP contribution in [0.2, 0.25) is 0 Å². The van der Waals surface area contributed by atoms with Gasteiger partial charge in [0.1, 0.15) is 23.9 Å². The first-order valence-electron chi connectivity index (χ1n) is 11.0. The molecule has 0 spiro atoms. The second-order valence-electron chi connectivity index (χ2n) is 8.41. The first-order valence-corrected chi connectivity index (χ1v) is 11.0. The van der Waals surface area contributed by atoms with E-state index in [0.29, 0.717) is 35.2 Å². The minimum atomic E-state index is -0.859. The standard InChI is InChI=1S/C27H26N2O5/c1-5-14-33-21-12-10-20(11-13-21)25(30)23-24(19-8-6-18(7-9-19)16(2)3)29(27(32)26(23)31)22-15-17(4)34-28-22/h5-13,15-16,24,30H,1,14H2,2-4H3/t24-/m0/s1. The molecule has 1 aliphatic rings. The van der Waals surface area contributed by atoms with Gasteiger partial charge in [-0.15, -0.1) is 0 Å². The second kappa shape index (κ2) is 9.39. The molecule has 0 aliphatic carbocycles. The van der Waals surface area contributed by atoms with Gasteiger partial charge in [0.2, 0.25) is 0 Å². The van der Waals surface area contributed by atoms with Crippen LogP contribution in [0.15, 0.2) is 77.3 Å². The van der Waals surface area contributed by atoms with Crippen LogP contribution < -0.4 is 9.64 Å². The van der Waals surface area contributed by atoms with Crippen LogP contribution in [0, 0.1) is 6.92 Å². The predicted molar refractivity (Wildman–Crippen MR) is 129 cm³/mol. The maximum Gasteiger partial charge on any atom is 0.301 e. The van der Waals surface area contributed by atoms with Crippen molar-refractivity contribution in [2.45, 2.75) is 32.7 Å². The fraction of sp³-hybridized carbons (Fsp3) is 0.222. The molecule has 4 rings (SSSR count). The van der Waals surface area contributed by atoms with E-state index in [1.54, 1.807) is 43.3 Å². The molecule has 1 aliphatic heterocycles. The minimum Gasteiger partial charge on any atom is -0.507 e. The lowest BCUT2D eigenvalue weighted by Gasteiger charge is -2.23. The molecule has 2 heterocycles. The Morgan fingerprint density at radius 3 is 2.41 bits per heavy atom. The first kappa shape index (κ1) is 23.0. The third-order valence-corrected chi connectivity index (χ3v) is 5.72. The summed E-state index contributed by atoms with van der Waals surface area (Å²) in [6, 6.07) is 15.0. The smallest absolute Gasteiger partial charge is 0.301 e. The van der Waals surface area contributed by atoms with Gasteiger partial charge < -0.3 is 14.4 Å². The number of ketones is 1. The van der Waals surface area contributed by atoms with Crippen molar-refractivity contribution in [1.29, 1.82) is 0 Å². The number of amides is 1. The van der Waals surface area contributed by atoms with Gasteiger partial charge in [-0.1, -0.05) is 55.9 Å². The number of hydrogen-bond donors (Lipinski definition) is 1. The average Bonchev–Trinajstić information content (AvgIpc) is 3.38. The number of rotatable bonds is 7. The van der Waals surface area contributed by atoms with E-state index in [4.69, 9.17) is 9.26 Å². The van der Waals surface area contributed by atoms with Gasteiger partial charge in [0.05, 0.1) is 11.6 Å². The van der Waals surface area contributed by atoms with Gasteiger partial charge in [0, 0.05) is 11.6 Å². The molecule has 1 fully saturated rings. The summed E-state index contributed by atoms with van der Waals surface area (Å²) >= 11 is 0. The zero-order valence-electron chi connectivity index (χ0n) is 19.3. The highest BCUT2D eigenvalue weighted by atomic mass is 16.5. The molecule has 2 aromatic carbocycles. The number of aromatic nitrogens is 1. The molecular weight excluding hydrogens is 432 g/mol. The van der Waals surface area contributed by atoms with Crippen LogP contribution in [0.3, 0.4) is 0 Å². The Morgan fingerprint density at radius 1 is 1.18 bits per heavy atom. The van der Waals surface area contributed by atoms with E-state index in [0.717, 1.165) is 5.56 Å². The highest BCUT2D eigenvalue weighted by molar-refractivity contribution is 6.51. The number of carbonyl (C=O) groups excluding carboxylic acids is 2. The molecule has 1 saturated heterocycles. The molecule has 1 amide bonds. The lowest BCUT2D eigenvalue weighted by molar-refractivity contribution is -0.132. The predicted octanol–water partition coefficient (Wildman–Crippen LogP) is 5.30. The number of benzene rings is 2. The van der Waals surface area contributed by atoms with Crippen molar-refractivity contribution in [2.24, 2.45) is 0 Å². The summed E-state index contributed by atoms with van der Waals surface area (Å²) in [5, 5.41) is 15.2. The lowest BCUT2D eigenvalue weighted by atomic mass is 9.93. The fourth-order valence-electron chi connectivity index (χ4n) is 3.93. The summed E-state index contributed by atoms with van der Waals surface area (Å²) in [5.41, 5.74) is 2.18. The number of aliphatic hydroxyl groups excluding tert-OH is 1. The summed E-state index contributed by atoms with van der Waals surface area (Å²) in [4.78, 5) is 27.6. The highest BCUT2D eigenvalue weighted by Gasteiger charge is 2.48. The molecule has 174 valence electrons. The number of anilines is 1. The molecule has 0 bridgehead atoms. The van der Waals surface area contributed by atoms with Gasteiger partial charge in [-0.3, -0.25) is 14.5 Å². The maximum absolute atomic E-state index is 13.2. The Labute approximate surface area is 197 Å². The quantitative estimate of drug-likeness (QED) is 0.224. The third kappa shape index (κ3) is 4.24. The molecule has 7 heteroatoms. The summed E-state index contributed by atoms with van der Waals surface area (Å²) in [5.74, 6) is -0.210. The molecule has 0 radical (unpaired) electrons. The van der Waals surface area contributed by atoms with Gasteiger partial charge in [-0.25, -0.2) is 0 Å². The van der Waals surface area contributed by atoms with Gasteiger partial charge in [-0.2, -0.15) is 0 Å². The number of aryl methyl sites for hydroxylation is 1. The average molecular weight is 459 g/mol. The Bertz CT molecular complexity index is 1250. The first-order chi connectivity index (χ1) is 16.3. The molecule has 0 unspecified atom stereocenters. The number of carbonyl (C=O) groups is 2. The molecule has 34 heavy (non-hydrogen) atoms. The topological polar surface area (TPSA) is 92.9 Å². The van der Waals surface area contributed by atoms with Crippen LogP contribution >= 0.6 is 0 Å². The van der Waals surface area contributed by atoms with E-state index in [1.165, 1.54) is 4.90 Å². The number of hydrogen-bond acceptors (Lipinski definition) is 6. The van der Waals surface area contributed by atoms with Crippen molar-refractivity contribution < 1.29 is 24.0 Å². The molecule has 1 aromatic heterocycles. The van der Waals surface area contributed by atoms with Crippen molar-refractivity contribution in [3.05, 3.63) is 95.3 Å². The molecular formula is C27H26N2O5. The summed E-state index contributed by atoms with van der Waals surface area (Å²) < 4.78 is 10.7. The fourth-order valence-corrected chi connectivity index (χ4v) is 3.93. The van der Waals surface area contributed by atoms with Crippen LogP contribution in [-0.4, -0.2) is 28.6 Å². The van der Waals surface area contributed by atoms with Crippen LogP contribution in [0.4, 0.5) is 5.82 Å². The van der Waals surface area contributed by atoms with Crippen molar-refractivity contribution in [1.82, 2.24) is 5.16 Å². The van der Waals surface area contributed by atoms with E-state index in [-0.39, 0.29) is 17.2 Å². The normalized spacial score (nSPS) is 17.4. The molecule has 0 saturated carbocycles. The second-order valence-corrected chi connectivity index (χ2v) is 8.41. The minimum absolute atomic E-state index is 0.0114. The number of nitrogens with zero attached hydrogens (tertiary/aromatic N) is 2. The van der Waals surface area contributed by atoms with E-state index < -0.39 is 17.7 Å². The SMILES string of the molecule is C=CCOc1ccc(C(O)=C2C(=O)C(=O)N(c3cc(C)on3)[C@H]2c2ccc(C(C)C)cc2)cc1. The van der Waals surface area contributed by atoms with E-state index in [2.05, 4.69) is 25.6 Å². The van der Waals surface area contributed by atoms with Crippen molar-refractivity contribution in [2.75, 3.05) is 11.5 Å². The van der Waals surface area contributed by atoms with Crippen molar-refractivity contribution in [3.8, 4) is 5.75 Å². The Kier molecular flexibility index (Phi) is 6.36. The summed E-state index contributed by atoms with van der Waals surface area (Å²) in [7, 11) is 0. The van der Waals surface area contributed by atoms with Crippen LogP contribution in [-0.2, 0) is 9.59 Å². The third-order valence-electron chi connectivity index (χ3n) is 5.72. The van der Waals surface area contributed by atoms with E-state index in [1.807, 2.05) is 24.3 Å². The number of Topliss-reactive ketones (excluding diaryl/α,β-unsaturated/α-hetero) is 1. The van der Waals surface area contributed by atoms with Gasteiger partial charge in [0.15, 0.2) is 5.82 Å². The molecule has 1 atom stereocenters. The Hall–Kier alpha value is -4.13. The number of ether oxygens (including phenoxy) is 1. The van der Waals surface area contributed by atoms with Crippen LogP contribution in [0.5, 0.6) is 5.75 Å². The largest absolute Gasteiger partial charge is 0.507 e.